The molecule has 1 aromatic rings. The molecule has 0 amide bonds. The number of piperidine rings is 1. The lowest BCUT2D eigenvalue weighted by atomic mass is 10.2. The van der Waals surface area contributed by atoms with Crippen LogP contribution in [-0.2, 0) is 10.2 Å². The first kappa shape index (κ1) is 14.8. The maximum absolute atomic E-state index is 12.5. The fourth-order valence-corrected chi connectivity index (χ4v) is 3.80. The molecule has 6 nitrogen and oxygen atoms in total. The van der Waals surface area contributed by atoms with Gasteiger partial charge in [0.25, 0.3) is 0 Å². The number of hydrogen-bond acceptors (Lipinski definition) is 3. The summed E-state index contributed by atoms with van der Waals surface area (Å²) >= 11 is 0. The van der Waals surface area contributed by atoms with Crippen LogP contribution in [-0.4, -0.2) is 43.9 Å². The van der Waals surface area contributed by atoms with Gasteiger partial charge in [-0.2, -0.15) is 12.7 Å². The second-order valence-electron chi connectivity index (χ2n) is 4.76. The first-order valence-corrected chi connectivity index (χ1v) is 7.90. The number of carboxylic acids is 1. The van der Waals surface area contributed by atoms with E-state index in [4.69, 9.17) is 5.11 Å². The van der Waals surface area contributed by atoms with Crippen molar-refractivity contribution < 1.29 is 18.3 Å². The van der Waals surface area contributed by atoms with E-state index >= 15 is 0 Å². The maximum Gasteiger partial charge on any atom is 0.337 e. The molecule has 0 aromatic heterocycles. The summed E-state index contributed by atoms with van der Waals surface area (Å²) in [6.45, 7) is 0.976. The van der Waals surface area contributed by atoms with E-state index in [0.717, 1.165) is 23.6 Å². The Bertz CT molecular complexity index is 594. The lowest BCUT2D eigenvalue weighted by Crippen LogP contribution is -2.44. The zero-order chi connectivity index (χ0) is 14.8. The molecule has 0 saturated carbocycles. The third kappa shape index (κ3) is 2.78. The normalized spacial score (nSPS) is 16.9. The van der Waals surface area contributed by atoms with Crippen molar-refractivity contribution in [3.63, 3.8) is 0 Å². The Morgan fingerprint density at radius 1 is 1.20 bits per heavy atom. The van der Waals surface area contributed by atoms with Crippen molar-refractivity contribution in [2.75, 3.05) is 24.4 Å². The van der Waals surface area contributed by atoms with Crippen LogP contribution >= 0.6 is 0 Å². The Kier molecular flexibility index (Phi) is 4.29. The molecule has 110 valence electrons. The molecule has 0 unspecified atom stereocenters. The molecule has 2 rings (SSSR count). The molecular weight excluding hydrogens is 280 g/mol. The number of aromatic carboxylic acids is 1. The molecule has 1 aliphatic rings. The number of carboxylic acid groups (broad SMARTS) is 1. The van der Waals surface area contributed by atoms with Crippen molar-refractivity contribution in [1.29, 1.82) is 0 Å². The maximum atomic E-state index is 12.5. The summed E-state index contributed by atoms with van der Waals surface area (Å²) in [6.07, 6.45) is 2.71. The van der Waals surface area contributed by atoms with E-state index in [-0.39, 0.29) is 11.3 Å². The van der Waals surface area contributed by atoms with Crippen LogP contribution in [0.15, 0.2) is 24.3 Å². The van der Waals surface area contributed by atoms with Gasteiger partial charge in [0.2, 0.25) is 0 Å². The molecule has 0 aliphatic carbocycles. The van der Waals surface area contributed by atoms with Crippen molar-refractivity contribution in [3.8, 4) is 0 Å². The molecule has 20 heavy (non-hydrogen) atoms. The van der Waals surface area contributed by atoms with Crippen molar-refractivity contribution in [1.82, 2.24) is 4.31 Å². The number of anilines is 1. The Labute approximate surface area is 118 Å². The second kappa shape index (κ2) is 5.80. The van der Waals surface area contributed by atoms with E-state index < -0.39 is 16.2 Å². The van der Waals surface area contributed by atoms with E-state index in [0.29, 0.717) is 13.1 Å². The number of hydrogen-bond donors (Lipinski definition) is 1. The summed E-state index contributed by atoms with van der Waals surface area (Å²) < 4.78 is 27.5. The monoisotopic (exact) mass is 298 g/mol. The number of para-hydroxylation sites is 1. The van der Waals surface area contributed by atoms with Gasteiger partial charge in [-0.15, -0.1) is 0 Å². The van der Waals surface area contributed by atoms with Gasteiger partial charge in [-0.25, -0.2) is 4.79 Å². The van der Waals surface area contributed by atoms with Crippen LogP contribution in [0, 0.1) is 0 Å². The number of rotatable bonds is 4. The largest absolute Gasteiger partial charge is 0.478 e. The third-order valence-electron chi connectivity index (χ3n) is 3.46. The van der Waals surface area contributed by atoms with Crippen molar-refractivity contribution in [2.45, 2.75) is 19.3 Å². The van der Waals surface area contributed by atoms with Gasteiger partial charge in [0.05, 0.1) is 11.3 Å². The lowest BCUT2D eigenvalue weighted by molar-refractivity contribution is 0.0698. The molecule has 1 aromatic carbocycles. The van der Waals surface area contributed by atoms with Gasteiger partial charge in [0.1, 0.15) is 0 Å². The SMILES string of the molecule is CN(c1ccccc1C(=O)O)S(=O)(=O)N1CCCCC1. The van der Waals surface area contributed by atoms with Crippen LogP contribution in [0.25, 0.3) is 0 Å². The fraction of sp³-hybridized carbons (Fsp3) is 0.462. The molecule has 7 heteroatoms. The molecule has 0 bridgehead atoms. The van der Waals surface area contributed by atoms with Crippen LogP contribution in [0.1, 0.15) is 29.6 Å². The highest BCUT2D eigenvalue weighted by atomic mass is 32.2. The zero-order valence-corrected chi connectivity index (χ0v) is 12.1. The molecule has 0 spiro atoms. The Balaban J connectivity index is 2.35. The smallest absolute Gasteiger partial charge is 0.337 e. The Morgan fingerprint density at radius 3 is 2.40 bits per heavy atom. The van der Waals surface area contributed by atoms with E-state index in [1.54, 1.807) is 12.1 Å². The first-order valence-electron chi connectivity index (χ1n) is 6.51. The predicted octanol–water partition coefficient (Wildman–Crippen LogP) is 1.55. The highest BCUT2D eigenvalue weighted by Crippen LogP contribution is 2.25. The lowest BCUT2D eigenvalue weighted by Gasteiger charge is -2.31. The highest BCUT2D eigenvalue weighted by Gasteiger charge is 2.30. The average Bonchev–Trinajstić information content (AvgIpc) is 2.47. The quantitative estimate of drug-likeness (QED) is 0.915. The molecular formula is C13H18N2O4S. The van der Waals surface area contributed by atoms with Gasteiger partial charge in [-0.1, -0.05) is 18.6 Å². The Hall–Kier alpha value is -1.60. The summed E-state index contributed by atoms with van der Waals surface area (Å²) in [5.41, 5.74) is 0.168. The van der Waals surface area contributed by atoms with E-state index in [1.807, 2.05) is 0 Å². The molecule has 1 heterocycles. The van der Waals surface area contributed by atoms with Gasteiger partial charge < -0.3 is 5.11 Å². The molecule has 1 N–H and O–H groups in total. The second-order valence-corrected chi connectivity index (χ2v) is 6.72. The molecule has 0 atom stereocenters. The van der Waals surface area contributed by atoms with Crippen molar-refractivity contribution >= 4 is 21.9 Å². The van der Waals surface area contributed by atoms with Crippen molar-refractivity contribution in [3.05, 3.63) is 29.8 Å². The van der Waals surface area contributed by atoms with E-state index in [9.17, 15) is 13.2 Å². The minimum Gasteiger partial charge on any atom is -0.478 e. The molecule has 1 fully saturated rings. The fourth-order valence-electron chi connectivity index (χ4n) is 2.32. The summed E-state index contributed by atoms with van der Waals surface area (Å²) in [4.78, 5) is 11.2. The Morgan fingerprint density at radius 2 is 1.80 bits per heavy atom. The summed E-state index contributed by atoms with van der Waals surface area (Å²) in [5, 5.41) is 9.16. The van der Waals surface area contributed by atoms with Crippen LogP contribution in [0.3, 0.4) is 0 Å². The zero-order valence-electron chi connectivity index (χ0n) is 11.3. The van der Waals surface area contributed by atoms with Gasteiger partial charge in [-0.3, -0.25) is 4.31 Å². The summed E-state index contributed by atoms with van der Waals surface area (Å²) in [5.74, 6) is -1.14. The van der Waals surface area contributed by atoms with E-state index in [1.165, 1.54) is 23.5 Å². The molecule has 0 radical (unpaired) electrons. The van der Waals surface area contributed by atoms with Gasteiger partial charge in [0.15, 0.2) is 0 Å². The van der Waals surface area contributed by atoms with Crippen LogP contribution in [0.2, 0.25) is 0 Å². The summed E-state index contributed by atoms with van der Waals surface area (Å²) in [7, 11) is -2.27. The minimum atomic E-state index is -3.67. The molecule has 1 aliphatic heterocycles. The number of carbonyl (C=O) groups is 1. The van der Waals surface area contributed by atoms with Crippen LogP contribution in [0.4, 0.5) is 5.69 Å². The van der Waals surface area contributed by atoms with Crippen molar-refractivity contribution in [2.24, 2.45) is 0 Å². The standard InChI is InChI=1S/C13H18N2O4S/c1-14(12-8-4-3-7-11(12)13(16)17)20(18,19)15-9-5-2-6-10-15/h3-4,7-8H,2,5-6,9-10H2,1H3,(H,16,17). The average molecular weight is 298 g/mol. The van der Waals surface area contributed by atoms with Crippen LogP contribution in [0.5, 0.6) is 0 Å². The van der Waals surface area contributed by atoms with Gasteiger partial charge in [-0.05, 0) is 25.0 Å². The minimum absolute atomic E-state index is 0.0180. The summed E-state index contributed by atoms with van der Waals surface area (Å²) in [6, 6.07) is 6.11. The van der Waals surface area contributed by atoms with Gasteiger partial charge >= 0.3 is 16.2 Å². The highest BCUT2D eigenvalue weighted by molar-refractivity contribution is 7.90. The van der Waals surface area contributed by atoms with Crippen LogP contribution < -0.4 is 4.31 Å². The number of benzene rings is 1. The number of nitrogens with zero attached hydrogens (tertiary/aromatic N) is 2. The first-order chi connectivity index (χ1) is 9.44. The molecule has 1 saturated heterocycles. The third-order valence-corrected chi connectivity index (χ3v) is 5.37. The van der Waals surface area contributed by atoms with Gasteiger partial charge in [0, 0.05) is 20.1 Å². The topological polar surface area (TPSA) is 77.9 Å². The van der Waals surface area contributed by atoms with E-state index in [2.05, 4.69) is 0 Å². The predicted molar refractivity (Wildman–Crippen MR) is 76.1 cm³/mol.